The molecule has 0 aromatic heterocycles. The van der Waals surface area contributed by atoms with Crippen LogP contribution >= 0.6 is 0 Å². The highest BCUT2D eigenvalue weighted by Crippen LogP contribution is 2.29. The molecule has 32 heavy (non-hydrogen) atoms. The highest BCUT2D eigenvalue weighted by Gasteiger charge is 2.49. The van der Waals surface area contributed by atoms with Gasteiger partial charge in [-0.15, -0.1) is 0 Å². The summed E-state index contributed by atoms with van der Waals surface area (Å²) in [4.78, 5) is 11.5. The smallest absolute Gasteiger partial charge is 0.469 e. The lowest BCUT2D eigenvalue weighted by Crippen LogP contribution is -3.00. The fraction of sp³-hybridized carbons (Fsp3) is 0.952. The molecule has 0 aromatic carbocycles. The predicted molar refractivity (Wildman–Crippen MR) is 143 cm³/mol. The number of nitrogens with zero attached hydrogens (tertiary/aromatic N) is 1. The number of aldehydes is 1. The quantitative estimate of drug-likeness (QED) is 0.0870. The summed E-state index contributed by atoms with van der Waals surface area (Å²) in [5.41, 5.74) is 0. The first-order valence-corrected chi connectivity index (χ1v) is 24.0. The third-order valence-corrected chi connectivity index (χ3v) is 16.3. The SMILES string of the molecule is C[N+](C)(C)CCCCC(C=O)NCCC[Si](O[Si](C)(C)C)(O[Si](C)(C)C)O[Si](C)(C)C.[I-]. The van der Waals surface area contributed by atoms with Gasteiger partial charge in [0, 0.05) is 6.04 Å². The number of hydrogen-bond donors (Lipinski definition) is 1. The van der Waals surface area contributed by atoms with Crippen LogP contribution in [0.2, 0.25) is 65.0 Å². The van der Waals surface area contributed by atoms with E-state index in [-0.39, 0.29) is 30.0 Å². The molecule has 194 valence electrons. The van der Waals surface area contributed by atoms with Gasteiger partial charge in [-0.05, 0) is 91.2 Å². The summed E-state index contributed by atoms with van der Waals surface area (Å²) in [5.74, 6) is 0. The number of hydrogen-bond acceptors (Lipinski definition) is 5. The third-order valence-electron chi connectivity index (χ3n) is 4.21. The molecule has 0 spiro atoms. The van der Waals surface area contributed by atoms with Crippen molar-refractivity contribution in [2.45, 2.75) is 96.7 Å². The number of halogens is 1. The molecule has 11 heteroatoms. The number of carbonyl (C=O) groups excluding carboxylic acids is 1. The van der Waals surface area contributed by atoms with E-state index in [1.807, 2.05) is 0 Å². The van der Waals surface area contributed by atoms with E-state index in [0.29, 0.717) is 0 Å². The van der Waals surface area contributed by atoms with Crippen LogP contribution in [-0.2, 0) is 17.1 Å². The van der Waals surface area contributed by atoms with Gasteiger partial charge in [0.15, 0.2) is 25.0 Å². The second-order valence-electron chi connectivity index (χ2n) is 12.6. The highest BCUT2D eigenvalue weighted by atomic mass is 127. The van der Waals surface area contributed by atoms with Crippen molar-refractivity contribution in [1.29, 1.82) is 0 Å². The Morgan fingerprint density at radius 2 is 1.22 bits per heavy atom. The number of quaternary nitrogens is 1. The van der Waals surface area contributed by atoms with E-state index < -0.39 is 33.8 Å². The lowest BCUT2D eigenvalue weighted by atomic mass is 10.1. The van der Waals surface area contributed by atoms with Crippen LogP contribution in [0, 0.1) is 0 Å². The van der Waals surface area contributed by atoms with Gasteiger partial charge < -0.3 is 50.9 Å². The summed E-state index contributed by atoms with van der Waals surface area (Å²) < 4.78 is 21.1. The van der Waals surface area contributed by atoms with Gasteiger partial charge in [-0.1, -0.05) is 0 Å². The molecule has 1 N–H and O–H groups in total. The van der Waals surface area contributed by atoms with Crippen LogP contribution in [0.3, 0.4) is 0 Å². The Morgan fingerprint density at radius 1 is 0.781 bits per heavy atom. The van der Waals surface area contributed by atoms with Gasteiger partial charge in [-0.3, -0.25) is 0 Å². The fourth-order valence-electron chi connectivity index (χ4n) is 3.38. The maximum atomic E-state index is 11.5. The molecule has 1 atom stereocenters. The number of nitrogens with one attached hydrogen (secondary N) is 1. The Bertz CT molecular complexity index is 489. The van der Waals surface area contributed by atoms with E-state index in [9.17, 15) is 4.79 Å². The van der Waals surface area contributed by atoms with E-state index in [4.69, 9.17) is 12.3 Å². The van der Waals surface area contributed by atoms with Crippen LogP contribution in [0.5, 0.6) is 0 Å². The lowest BCUT2D eigenvalue weighted by molar-refractivity contribution is -0.870. The molecule has 0 aromatic rings. The van der Waals surface area contributed by atoms with Gasteiger partial charge >= 0.3 is 8.80 Å². The molecule has 0 aliphatic rings. The van der Waals surface area contributed by atoms with E-state index in [1.54, 1.807) is 0 Å². The topological polar surface area (TPSA) is 56.8 Å². The minimum atomic E-state index is -2.78. The van der Waals surface area contributed by atoms with Crippen molar-refractivity contribution in [2.75, 3.05) is 34.2 Å². The Morgan fingerprint density at radius 3 is 1.56 bits per heavy atom. The second-order valence-corrected chi connectivity index (χ2v) is 29.6. The summed E-state index contributed by atoms with van der Waals surface area (Å²) in [5, 5.41) is 3.44. The van der Waals surface area contributed by atoms with Gasteiger partial charge in [0.25, 0.3) is 0 Å². The normalized spacial score (nSPS) is 14.8. The van der Waals surface area contributed by atoms with E-state index in [1.165, 1.54) is 0 Å². The van der Waals surface area contributed by atoms with Crippen LogP contribution in [0.4, 0.5) is 0 Å². The third kappa shape index (κ3) is 20.4. The van der Waals surface area contributed by atoms with Crippen molar-refractivity contribution in [1.82, 2.24) is 5.32 Å². The summed E-state index contributed by atoms with van der Waals surface area (Å²) >= 11 is 0. The summed E-state index contributed by atoms with van der Waals surface area (Å²) in [7, 11) is -1.68. The van der Waals surface area contributed by atoms with E-state index in [0.717, 1.165) is 55.6 Å². The number of carbonyl (C=O) groups is 1. The van der Waals surface area contributed by atoms with Crippen molar-refractivity contribution >= 4 is 40.0 Å². The van der Waals surface area contributed by atoms with Crippen LogP contribution in [0.1, 0.15) is 25.7 Å². The second kappa shape index (κ2) is 14.6. The van der Waals surface area contributed by atoms with Crippen LogP contribution < -0.4 is 29.3 Å². The minimum Gasteiger partial charge on any atom is -1.00 e. The molecule has 1 unspecified atom stereocenters. The molecule has 0 radical (unpaired) electrons. The van der Waals surface area contributed by atoms with Gasteiger partial charge in [0.1, 0.15) is 6.29 Å². The molecule has 0 saturated carbocycles. The molecule has 0 saturated heterocycles. The first kappa shape index (κ1) is 35.2. The van der Waals surface area contributed by atoms with Crippen molar-refractivity contribution in [3.8, 4) is 0 Å². The molecule has 0 bridgehead atoms. The van der Waals surface area contributed by atoms with Gasteiger partial charge in [-0.2, -0.15) is 0 Å². The average Bonchev–Trinajstić information content (AvgIpc) is 2.47. The zero-order chi connectivity index (χ0) is 24.6. The van der Waals surface area contributed by atoms with Crippen LogP contribution in [-0.4, -0.2) is 84.8 Å². The molecule has 0 fully saturated rings. The summed E-state index contributed by atoms with van der Waals surface area (Å²) in [6.07, 6.45) is 5.07. The van der Waals surface area contributed by atoms with Crippen molar-refractivity contribution in [3.05, 3.63) is 0 Å². The molecule has 6 nitrogen and oxygen atoms in total. The van der Waals surface area contributed by atoms with E-state index >= 15 is 0 Å². The maximum absolute atomic E-state index is 11.5. The molecule has 0 aliphatic carbocycles. The van der Waals surface area contributed by atoms with Crippen LogP contribution in [0.15, 0.2) is 0 Å². The predicted octanol–water partition coefficient (Wildman–Crippen LogP) is 1.91. The molecule has 0 aliphatic heterocycles. The first-order valence-electron chi connectivity index (χ1n) is 11.9. The molecular weight excluding hydrogens is 583 g/mol. The van der Waals surface area contributed by atoms with Crippen molar-refractivity contribution in [2.24, 2.45) is 0 Å². The van der Waals surface area contributed by atoms with Gasteiger partial charge in [-0.25, -0.2) is 0 Å². The summed E-state index contributed by atoms with van der Waals surface area (Å²) in [6.45, 7) is 21.9. The van der Waals surface area contributed by atoms with Gasteiger partial charge in [0.05, 0.1) is 33.7 Å². The Hall–Kier alpha value is 1.07. The largest absolute Gasteiger partial charge is 1.00 e. The highest BCUT2D eigenvalue weighted by molar-refractivity contribution is 6.90. The standard InChI is InChI=1S/C21H53N2O4Si4.HI/c1-23(2,3)18-14-13-16-21(20-24)22-17-15-19-31(25-28(4,5)6,26-29(7,8)9)27-30(10,11)12;/h20-22H,13-19H2,1-12H3;1H/q+1;/p-1. The Balaban J connectivity index is 0. The zero-order valence-electron chi connectivity index (χ0n) is 23.1. The molecule has 0 heterocycles. The monoisotopic (exact) mass is 636 g/mol. The lowest BCUT2D eigenvalue weighted by Gasteiger charge is -2.43. The minimum absolute atomic E-state index is 0. The number of unbranched alkanes of at least 4 members (excludes halogenated alkanes) is 1. The van der Waals surface area contributed by atoms with Crippen molar-refractivity contribution in [3.63, 3.8) is 0 Å². The first-order chi connectivity index (χ1) is 13.8. The Labute approximate surface area is 220 Å². The number of rotatable bonds is 17. The average molecular weight is 637 g/mol. The molecular formula is C21H53IN2O4Si4. The molecule has 0 amide bonds. The maximum Gasteiger partial charge on any atom is 0.469 e. The van der Waals surface area contributed by atoms with Gasteiger partial charge in [0.2, 0.25) is 0 Å². The fourth-order valence-corrected chi connectivity index (χ4v) is 18.0. The zero-order valence-corrected chi connectivity index (χ0v) is 29.2. The van der Waals surface area contributed by atoms with Crippen LogP contribution in [0.25, 0.3) is 0 Å². The van der Waals surface area contributed by atoms with E-state index in [2.05, 4.69) is 85.4 Å². The Kier molecular flexibility index (Phi) is 16.1. The van der Waals surface area contributed by atoms with Crippen molar-refractivity contribution < 1.29 is 45.6 Å². The summed E-state index contributed by atoms with van der Waals surface area (Å²) in [6, 6.07) is 0.739. The molecule has 0 rings (SSSR count).